The normalized spacial score (nSPS) is 10.5. The Labute approximate surface area is 98.6 Å². The third kappa shape index (κ3) is 2.08. The second kappa shape index (κ2) is 4.32. The summed E-state index contributed by atoms with van der Waals surface area (Å²) in [5.41, 5.74) is -1.77. The number of ether oxygens (including phenoxy) is 1. The van der Waals surface area contributed by atoms with Gasteiger partial charge in [-0.2, -0.15) is 0 Å². The molecule has 0 saturated heterocycles. The summed E-state index contributed by atoms with van der Waals surface area (Å²) in [4.78, 5) is 51.9. The van der Waals surface area contributed by atoms with Crippen LogP contribution in [0.3, 0.4) is 0 Å². The number of hydrogen-bond acceptors (Lipinski definition) is 5. The maximum atomic E-state index is 11.7. The molecule has 0 atom stereocenters. The maximum absolute atomic E-state index is 11.7. The largest absolute Gasteiger partial charge is 0.469 e. The van der Waals surface area contributed by atoms with Crippen LogP contribution >= 0.6 is 0 Å². The first kappa shape index (κ1) is 11.8. The van der Waals surface area contributed by atoms with Crippen molar-refractivity contribution in [2.45, 2.75) is 6.42 Å². The van der Waals surface area contributed by atoms with Crippen molar-refractivity contribution in [3.05, 3.63) is 42.8 Å². The van der Waals surface area contributed by atoms with E-state index in [0.29, 0.717) is 0 Å². The highest BCUT2D eigenvalue weighted by atomic mass is 16.5. The Morgan fingerprint density at radius 2 is 1.94 bits per heavy atom. The van der Waals surface area contributed by atoms with Crippen LogP contribution in [0.5, 0.6) is 0 Å². The summed E-state index contributed by atoms with van der Waals surface area (Å²) in [5, 5.41) is 0.0552. The van der Waals surface area contributed by atoms with Gasteiger partial charge in [0, 0.05) is 6.07 Å². The number of pyridine rings is 1. The van der Waals surface area contributed by atoms with Crippen LogP contribution in [0.15, 0.2) is 20.4 Å². The molecule has 0 unspecified atom stereocenters. The Morgan fingerprint density at radius 1 is 1.22 bits per heavy atom. The van der Waals surface area contributed by atoms with Crippen LogP contribution in [0.4, 0.5) is 0 Å². The van der Waals surface area contributed by atoms with Gasteiger partial charge in [-0.25, -0.2) is 4.79 Å². The standard InChI is InChI=1S/C10H9N3O5/c1-18-6(15)3-4-2-5(14)11-8-7(4)9(16)13-10(17)12-8/h2H,3H2,1H3,(H3,11,12,13,14,16,17). The van der Waals surface area contributed by atoms with Gasteiger partial charge >= 0.3 is 11.7 Å². The summed E-state index contributed by atoms with van der Waals surface area (Å²) < 4.78 is 4.47. The molecule has 0 radical (unpaired) electrons. The van der Waals surface area contributed by atoms with Gasteiger partial charge in [0.15, 0.2) is 0 Å². The minimum absolute atomic E-state index is 0.0184. The fraction of sp³-hybridized carbons (Fsp3) is 0.200. The van der Waals surface area contributed by atoms with Crippen LogP contribution in [0, 0.1) is 0 Å². The molecule has 0 bridgehead atoms. The number of aromatic nitrogens is 3. The summed E-state index contributed by atoms with van der Waals surface area (Å²) in [6.45, 7) is 0. The number of fused-ring (bicyclic) bond motifs is 1. The van der Waals surface area contributed by atoms with Gasteiger partial charge in [-0.3, -0.25) is 24.4 Å². The molecule has 0 fully saturated rings. The molecule has 0 aliphatic heterocycles. The van der Waals surface area contributed by atoms with Crippen LogP contribution in [0.2, 0.25) is 0 Å². The van der Waals surface area contributed by atoms with E-state index in [2.05, 4.69) is 14.7 Å². The van der Waals surface area contributed by atoms with Crippen molar-refractivity contribution in [1.29, 1.82) is 0 Å². The van der Waals surface area contributed by atoms with E-state index >= 15 is 0 Å². The van der Waals surface area contributed by atoms with Gasteiger partial charge in [0.2, 0.25) is 5.56 Å². The smallest absolute Gasteiger partial charge is 0.327 e. The molecule has 2 aromatic heterocycles. The van der Waals surface area contributed by atoms with Crippen molar-refractivity contribution in [3.63, 3.8) is 0 Å². The van der Waals surface area contributed by atoms with Crippen LogP contribution < -0.4 is 16.8 Å². The highest BCUT2D eigenvalue weighted by molar-refractivity contribution is 5.83. The maximum Gasteiger partial charge on any atom is 0.327 e. The minimum atomic E-state index is -0.738. The van der Waals surface area contributed by atoms with Gasteiger partial charge in [0.05, 0.1) is 18.9 Å². The van der Waals surface area contributed by atoms with Gasteiger partial charge in [-0.15, -0.1) is 0 Å². The SMILES string of the molecule is COC(=O)Cc1cc(=O)[nH]c2[nH]c(=O)[nH]c(=O)c12. The molecule has 0 aromatic carbocycles. The van der Waals surface area contributed by atoms with E-state index in [9.17, 15) is 19.2 Å². The first-order valence-electron chi connectivity index (χ1n) is 4.96. The molecule has 2 aromatic rings. The van der Waals surface area contributed by atoms with Crippen LogP contribution in [0.1, 0.15) is 5.56 Å². The molecule has 0 aliphatic rings. The monoisotopic (exact) mass is 251 g/mol. The van der Waals surface area contributed by atoms with E-state index in [0.717, 1.165) is 6.07 Å². The molecule has 94 valence electrons. The molecule has 18 heavy (non-hydrogen) atoms. The average Bonchev–Trinajstić information content (AvgIpc) is 2.26. The topological polar surface area (TPSA) is 125 Å². The fourth-order valence-corrected chi connectivity index (χ4v) is 1.64. The Kier molecular flexibility index (Phi) is 2.84. The number of H-pyrrole nitrogens is 3. The van der Waals surface area contributed by atoms with Crippen molar-refractivity contribution in [2.24, 2.45) is 0 Å². The zero-order valence-electron chi connectivity index (χ0n) is 9.33. The summed E-state index contributed by atoms with van der Waals surface area (Å²) in [6, 6.07) is 1.12. The molecule has 2 heterocycles. The number of carbonyl (C=O) groups excluding carboxylic acids is 1. The fourth-order valence-electron chi connectivity index (χ4n) is 1.64. The Hall–Kier alpha value is -2.64. The van der Waals surface area contributed by atoms with Crippen molar-refractivity contribution >= 4 is 17.0 Å². The molecule has 3 N–H and O–H groups in total. The van der Waals surface area contributed by atoms with Gasteiger partial charge in [-0.05, 0) is 5.56 Å². The van der Waals surface area contributed by atoms with Crippen molar-refractivity contribution in [1.82, 2.24) is 15.0 Å². The highest BCUT2D eigenvalue weighted by Crippen LogP contribution is 2.07. The molecule has 0 amide bonds. The third-order valence-electron chi connectivity index (χ3n) is 2.38. The van der Waals surface area contributed by atoms with E-state index in [-0.39, 0.29) is 23.0 Å². The van der Waals surface area contributed by atoms with Gasteiger partial charge in [-0.1, -0.05) is 0 Å². The number of rotatable bonds is 2. The summed E-state index contributed by atoms with van der Waals surface area (Å²) in [7, 11) is 1.20. The lowest BCUT2D eigenvalue weighted by molar-refractivity contribution is -0.139. The molecule has 0 saturated carbocycles. The molecule has 0 aliphatic carbocycles. The van der Waals surface area contributed by atoms with Crippen LogP contribution in [0.25, 0.3) is 11.0 Å². The molecule has 8 heteroatoms. The number of carbonyl (C=O) groups is 1. The van der Waals surface area contributed by atoms with E-state index in [1.54, 1.807) is 0 Å². The van der Waals surface area contributed by atoms with Gasteiger partial charge < -0.3 is 9.72 Å². The van der Waals surface area contributed by atoms with Crippen LogP contribution in [-0.4, -0.2) is 28.0 Å². The molecular formula is C10H9N3O5. The Bertz CT molecular complexity index is 777. The lowest BCUT2D eigenvalue weighted by atomic mass is 10.1. The number of methoxy groups -OCH3 is 1. The zero-order valence-corrected chi connectivity index (χ0v) is 9.33. The molecule has 2 rings (SSSR count). The van der Waals surface area contributed by atoms with E-state index < -0.39 is 22.8 Å². The summed E-state index contributed by atoms with van der Waals surface area (Å²) in [5.74, 6) is -0.590. The van der Waals surface area contributed by atoms with Crippen LogP contribution in [-0.2, 0) is 16.0 Å². The lowest BCUT2D eigenvalue weighted by Gasteiger charge is -2.03. The van der Waals surface area contributed by atoms with Crippen molar-refractivity contribution in [3.8, 4) is 0 Å². The molecular weight excluding hydrogens is 242 g/mol. The number of nitrogens with one attached hydrogen (secondary N) is 3. The Morgan fingerprint density at radius 3 is 2.61 bits per heavy atom. The first-order chi connectivity index (χ1) is 8.51. The number of esters is 1. The van der Waals surface area contributed by atoms with E-state index in [1.807, 2.05) is 4.98 Å². The molecule has 8 nitrogen and oxygen atoms in total. The zero-order chi connectivity index (χ0) is 13.3. The third-order valence-corrected chi connectivity index (χ3v) is 2.38. The lowest BCUT2D eigenvalue weighted by Crippen LogP contribution is -2.26. The predicted octanol–water partition coefficient (Wildman–Crippen LogP) is -1.38. The van der Waals surface area contributed by atoms with Crippen molar-refractivity contribution in [2.75, 3.05) is 7.11 Å². The molecule has 0 spiro atoms. The first-order valence-corrected chi connectivity index (χ1v) is 4.96. The summed E-state index contributed by atoms with van der Waals surface area (Å²) in [6.07, 6.45) is -0.230. The highest BCUT2D eigenvalue weighted by Gasteiger charge is 2.12. The summed E-state index contributed by atoms with van der Waals surface area (Å²) >= 11 is 0. The predicted molar refractivity (Wildman–Crippen MR) is 61.5 cm³/mol. The average molecular weight is 251 g/mol. The minimum Gasteiger partial charge on any atom is -0.469 e. The second-order valence-corrected chi connectivity index (χ2v) is 3.57. The number of hydrogen-bond donors (Lipinski definition) is 3. The van der Waals surface area contributed by atoms with Gasteiger partial charge in [0.25, 0.3) is 5.56 Å². The Balaban J connectivity index is 2.80. The quantitative estimate of drug-likeness (QED) is 0.567. The van der Waals surface area contributed by atoms with E-state index in [4.69, 9.17) is 0 Å². The number of aromatic amines is 3. The van der Waals surface area contributed by atoms with Crippen molar-refractivity contribution < 1.29 is 9.53 Å². The van der Waals surface area contributed by atoms with E-state index in [1.165, 1.54) is 7.11 Å². The van der Waals surface area contributed by atoms with Gasteiger partial charge in [0.1, 0.15) is 5.65 Å². The second-order valence-electron chi connectivity index (χ2n) is 3.57.